The molecule has 0 aliphatic heterocycles. The number of nitrogens with zero attached hydrogens (tertiary/aromatic N) is 4. The molecule has 0 bridgehead atoms. The van der Waals surface area contributed by atoms with Crippen molar-refractivity contribution in [3.63, 3.8) is 0 Å². The van der Waals surface area contributed by atoms with Gasteiger partial charge in [0.15, 0.2) is 5.82 Å². The minimum absolute atomic E-state index is 0.0852. The molecule has 0 radical (unpaired) electrons. The third-order valence-corrected chi connectivity index (χ3v) is 6.39. The zero-order valence-electron chi connectivity index (χ0n) is 21.3. The van der Waals surface area contributed by atoms with Gasteiger partial charge in [0.05, 0.1) is 5.25 Å². The van der Waals surface area contributed by atoms with Crippen molar-refractivity contribution < 1.29 is 9.59 Å². The minimum atomic E-state index is -0.336. The number of rotatable bonds is 13. The van der Waals surface area contributed by atoms with E-state index in [2.05, 4.69) is 59.3 Å². The van der Waals surface area contributed by atoms with Gasteiger partial charge in [0, 0.05) is 31.6 Å². The number of tetrazole rings is 1. The molecule has 0 saturated heterocycles. The van der Waals surface area contributed by atoms with Crippen molar-refractivity contribution in [2.45, 2.75) is 58.2 Å². The Bertz CT molecular complexity index is 1100. The van der Waals surface area contributed by atoms with Crippen LogP contribution in [0.3, 0.4) is 0 Å². The molecule has 2 aromatic carbocycles. The van der Waals surface area contributed by atoms with Crippen molar-refractivity contribution in [3.8, 4) is 22.5 Å². The molecule has 0 aliphatic rings. The van der Waals surface area contributed by atoms with Crippen molar-refractivity contribution in [3.05, 3.63) is 54.1 Å². The smallest absolute Gasteiger partial charge is 0.232 e. The highest BCUT2D eigenvalue weighted by molar-refractivity contribution is 7.81. The SMILES string of the molecule is CCCCC(=O)N(CCNC(=O)C(S)CC(C)C)Cc1ccc(-c2ccccc2-c2nnn[nH]2)cc1. The first kappa shape index (κ1) is 27.4. The van der Waals surface area contributed by atoms with Gasteiger partial charge in [-0.1, -0.05) is 75.7 Å². The lowest BCUT2D eigenvalue weighted by molar-refractivity contribution is -0.132. The summed E-state index contributed by atoms with van der Waals surface area (Å²) in [6, 6.07) is 16.1. The van der Waals surface area contributed by atoms with E-state index in [1.165, 1.54) is 0 Å². The molecule has 0 aliphatic carbocycles. The lowest BCUT2D eigenvalue weighted by Crippen LogP contribution is -2.40. The van der Waals surface area contributed by atoms with Crippen LogP contribution in [0.1, 0.15) is 52.0 Å². The third kappa shape index (κ3) is 7.91. The summed E-state index contributed by atoms with van der Waals surface area (Å²) in [4.78, 5) is 27.1. The maximum absolute atomic E-state index is 12.9. The van der Waals surface area contributed by atoms with Crippen LogP contribution in [0.15, 0.2) is 48.5 Å². The molecule has 0 spiro atoms. The van der Waals surface area contributed by atoms with Gasteiger partial charge in [-0.2, -0.15) is 12.6 Å². The summed E-state index contributed by atoms with van der Waals surface area (Å²) in [5.41, 5.74) is 4.00. The molecule has 0 fully saturated rings. The monoisotopic (exact) mass is 508 g/mol. The van der Waals surface area contributed by atoms with Crippen LogP contribution in [-0.4, -0.2) is 55.7 Å². The van der Waals surface area contributed by atoms with E-state index in [1.54, 1.807) is 0 Å². The molecule has 1 aromatic heterocycles. The van der Waals surface area contributed by atoms with Crippen molar-refractivity contribution in [1.29, 1.82) is 0 Å². The van der Waals surface area contributed by atoms with Gasteiger partial charge in [0.25, 0.3) is 0 Å². The van der Waals surface area contributed by atoms with E-state index in [9.17, 15) is 9.59 Å². The third-order valence-electron chi connectivity index (χ3n) is 5.94. The van der Waals surface area contributed by atoms with Gasteiger partial charge >= 0.3 is 0 Å². The lowest BCUT2D eigenvalue weighted by Gasteiger charge is -2.24. The van der Waals surface area contributed by atoms with E-state index in [0.29, 0.717) is 37.8 Å². The van der Waals surface area contributed by atoms with Crippen LogP contribution in [0, 0.1) is 5.92 Å². The number of thiol groups is 1. The molecular weight excluding hydrogens is 472 g/mol. The number of hydrogen-bond donors (Lipinski definition) is 3. The number of benzene rings is 2. The van der Waals surface area contributed by atoms with Gasteiger partial charge < -0.3 is 10.2 Å². The van der Waals surface area contributed by atoms with Gasteiger partial charge in [-0.3, -0.25) is 9.59 Å². The summed E-state index contributed by atoms with van der Waals surface area (Å²) in [5, 5.41) is 16.8. The van der Waals surface area contributed by atoms with E-state index < -0.39 is 0 Å². The summed E-state index contributed by atoms with van der Waals surface area (Å²) in [5.74, 6) is 1.02. The Morgan fingerprint density at radius 1 is 1.08 bits per heavy atom. The van der Waals surface area contributed by atoms with Crippen molar-refractivity contribution in [2.75, 3.05) is 13.1 Å². The second kappa shape index (κ2) is 13.8. The first-order valence-corrected chi connectivity index (χ1v) is 13.1. The van der Waals surface area contributed by atoms with Crippen LogP contribution >= 0.6 is 12.6 Å². The summed E-state index contributed by atoms with van der Waals surface area (Å²) >= 11 is 4.42. The Morgan fingerprint density at radius 3 is 2.44 bits per heavy atom. The average molecular weight is 509 g/mol. The van der Waals surface area contributed by atoms with Crippen LogP contribution in [-0.2, 0) is 16.1 Å². The van der Waals surface area contributed by atoms with Gasteiger partial charge in [-0.05, 0) is 45.9 Å². The number of aromatic nitrogens is 4. The topological polar surface area (TPSA) is 104 Å². The molecule has 1 atom stereocenters. The van der Waals surface area contributed by atoms with Crippen molar-refractivity contribution in [2.24, 2.45) is 5.92 Å². The van der Waals surface area contributed by atoms with Crippen molar-refractivity contribution >= 4 is 24.4 Å². The van der Waals surface area contributed by atoms with Gasteiger partial charge in [0.1, 0.15) is 0 Å². The maximum Gasteiger partial charge on any atom is 0.232 e. The standard InChI is InChI=1S/C27H36N6O2S/c1-4-5-10-25(34)33(16-15-28-27(35)24(36)17-19(2)3)18-20-11-13-21(14-12-20)22-8-6-7-9-23(22)26-29-31-32-30-26/h6-9,11-14,19,24,36H,4-5,10,15-18H2,1-3H3,(H,28,35)(H,29,30,31,32). The fourth-order valence-electron chi connectivity index (χ4n) is 3.99. The Morgan fingerprint density at radius 2 is 1.81 bits per heavy atom. The quantitative estimate of drug-likeness (QED) is 0.295. The zero-order valence-corrected chi connectivity index (χ0v) is 22.2. The van der Waals surface area contributed by atoms with Gasteiger partial charge in [-0.15, -0.1) is 5.10 Å². The Balaban J connectivity index is 1.68. The highest BCUT2D eigenvalue weighted by Gasteiger charge is 2.18. The molecule has 1 unspecified atom stereocenters. The van der Waals surface area contributed by atoms with E-state index in [0.717, 1.165) is 41.5 Å². The number of amides is 2. The van der Waals surface area contributed by atoms with Crippen LogP contribution in [0.4, 0.5) is 0 Å². The molecule has 3 aromatic rings. The van der Waals surface area contributed by atoms with Gasteiger partial charge in [-0.25, -0.2) is 5.10 Å². The van der Waals surface area contributed by atoms with Gasteiger partial charge in [0.2, 0.25) is 11.8 Å². The molecular formula is C27H36N6O2S. The molecule has 8 nitrogen and oxygen atoms in total. The fraction of sp³-hybridized carbons (Fsp3) is 0.444. The number of aromatic amines is 1. The van der Waals surface area contributed by atoms with E-state index in [4.69, 9.17) is 0 Å². The second-order valence-corrected chi connectivity index (χ2v) is 9.97. The van der Waals surface area contributed by atoms with Crippen LogP contribution < -0.4 is 5.32 Å². The van der Waals surface area contributed by atoms with Crippen LogP contribution in [0.2, 0.25) is 0 Å². The minimum Gasteiger partial charge on any atom is -0.353 e. The average Bonchev–Trinajstić information content (AvgIpc) is 3.41. The van der Waals surface area contributed by atoms with Crippen LogP contribution in [0.25, 0.3) is 22.5 Å². The largest absolute Gasteiger partial charge is 0.353 e. The molecule has 0 saturated carbocycles. The fourth-order valence-corrected chi connectivity index (χ4v) is 4.50. The lowest BCUT2D eigenvalue weighted by atomic mass is 9.98. The molecule has 36 heavy (non-hydrogen) atoms. The first-order chi connectivity index (χ1) is 17.4. The number of H-pyrrole nitrogens is 1. The summed E-state index contributed by atoms with van der Waals surface area (Å²) in [6.07, 6.45) is 3.03. The number of nitrogens with one attached hydrogen (secondary N) is 2. The number of hydrogen-bond acceptors (Lipinski definition) is 6. The van der Waals surface area contributed by atoms with Crippen molar-refractivity contribution in [1.82, 2.24) is 30.8 Å². The Labute approximate surface area is 218 Å². The Hall–Kier alpha value is -3.20. The number of carbonyl (C=O) groups excluding carboxylic acids is 2. The zero-order chi connectivity index (χ0) is 25.9. The summed E-state index contributed by atoms with van der Waals surface area (Å²) in [7, 11) is 0. The Kier molecular flexibility index (Phi) is 10.5. The van der Waals surface area contributed by atoms with E-state index in [-0.39, 0.29) is 17.1 Å². The molecule has 2 amide bonds. The maximum atomic E-state index is 12.9. The molecule has 9 heteroatoms. The molecule has 3 rings (SSSR count). The normalized spacial score (nSPS) is 11.9. The second-order valence-electron chi connectivity index (χ2n) is 9.35. The first-order valence-electron chi connectivity index (χ1n) is 12.5. The molecule has 1 heterocycles. The predicted molar refractivity (Wildman–Crippen MR) is 145 cm³/mol. The van der Waals surface area contributed by atoms with E-state index in [1.807, 2.05) is 53.4 Å². The van der Waals surface area contributed by atoms with Crippen LogP contribution in [0.5, 0.6) is 0 Å². The summed E-state index contributed by atoms with van der Waals surface area (Å²) in [6.45, 7) is 7.56. The predicted octanol–water partition coefficient (Wildman–Crippen LogP) is 4.51. The highest BCUT2D eigenvalue weighted by Crippen LogP contribution is 2.29. The molecule has 2 N–H and O–H groups in total. The number of unbranched alkanes of at least 4 members (excludes halogenated alkanes) is 1. The van der Waals surface area contributed by atoms with E-state index >= 15 is 0 Å². The number of carbonyl (C=O) groups is 2. The summed E-state index contributed by atoms with van der Waals surface area (Å²) < 4.78 is 0. The highest BCUT2D eigenvalue weighted by atomic mass is 32.1. The molecule has 192 valence electrons.